The maximum atomic E-state index is 10.1. The van der Waals surface area contributed by atoms with Gasteiger partial charge in [-0.15, -0.1) is 0 Å². The molecule has 64 valence electrons. The van der Waals surface area contributed by atoms with E-state index in [1.165, 1.54) is 0 Å². The summed E-state index contributed by atoms with van der Waals surface area (Å²) in [5.74, 6) is 0.141. The van der Waals surface area contributed by atoms with Gasteiger partial charge < -0.3 is 10.4 Å². The zero-order valence-electron chi connectivity index (χ0n) is 7.09. The quantitative estimate of drug-likeness (QED) is 0.516. The number of phenols is 1. The van der Waals surface area contributed by atoms with E-state index in [1.807, 2.05) is 13.0 Å². The molecule has 12 heavy (non-hydrogen) atoms. The van der Waals surface area contributed by atoms with Crippen LogP contribution in [0.25, 0.3) is 0 Å². The second-order valence-electron chi connectivity index (χ2n) is 2.67. The molecule has 2 N–H and O–H groups in total. The summed E-state index contributed by atoms with van der Waals surface area (Å²) < 4.78 is 0. The van der Waals surface area contributed by atoms with E-state index in [-0.39, 0.29) is 5.75 Å². The van der Waals surface area contributed by atoms with Crippen molar-refractivity contribution in [1.82, 2.24) is 0 Å². The Kier molecular flexibility index (Phi) is 2.33. The van der Waals surface area contributed by atoms with Gasteiger partial charge in [0.1, 0.15) is 5.75 Å². The normalized spacial score (nSPS) is 9.50. The van der Waals surface area contributed by atoms with Gasteiger partial charge in [0.25, 0.3) is 0 Å². The Morgan fingerprint density at radius 1 is 1.42 bits per heavy atom. The monoisotopic (exact) mass is 165 g/mol. The minimum Gasteiger partial charge on any atom is -0.505 e. The first kappa shape index (κ1) is 8.59. The van der Waals surface area contributed by atoms with E-state index in [1.54, 1.807) is 13.0 Å². The molecule has 1 aromatic rings. The molecule has 0 aliphatic heterocycles. The van der Waals surface area contributed by atoms with Crippen molar-refractivity contribution in [3.63, 3.8) is 0 Å². The van der Waals surface area contributed by atoms with E-state index < -0.39 is 0 Å². The Labute approximate surface area is 71.0 Å². The SMILES string of the molecule is Cc1ccc(NC=O)c(O)c1C. The molecule has 0 aromatic heterocycles. The van der Waals surface area contributed by atoms with Crippen LogP contribution >= 0.6 is 0 Å². The molecule has 1 rings (SSSR count). The lowest BCUT2D eigenvalue weighted by Crippen LogP contribution is -1.95. The van der Waals surface area contributed by atoms with Crippen LogP contribution in [0.2, 0.25) is 0 Å². The number of benzene rings is 1. The van der Waals surface area contributed by atoms with Crippen LogP contribution in [0, 0.1) is 13.8 Å². The minimum absolute atomic E-state index is 0.141. The Morgan fingerprint density at radius 2 is 2.08 bits per heavy atom. The van der Waals surface area contributed by atoms with Crippen LogP contribution in [0.1, 0.15) is 11.1 Å². The van der Waals surface area contributed by atoms with Gasteiger partial charge in [-0.1, -0.05) is 6.07 Å². The van der Waals surface area contributed by atoms with E-state index in [0.717, 1.165) is 11.1 Å². The van der Waals surface area contributed by atoms with Gasteiger partial charge in [0, 0.05) is 0 Å². The largest absolute Gasteiger partial charge is 0.505 e. The van der Waals surface area contributed by atoms with Gasteiger partial charge >= 0.3 is 0 Å². The molecule has 0 heterocycles. The molecule has 1 aromatic carbocycles. The zero-order valence-corrected chi connectivity index (χ0v) is 7.09. The zero-order chi connectivity index (χ0) is 9.14. The van der Waals surface area contributed by atoms with Crippen LogP contribution in [0.5, 0.6) is 5.75 Å². The number of nitrogens with one attached hydrogen (secondary N) is 1. The first-order valence-corrected chi connectivity index (χ1v) is 3.66. The van der Waals surface area contributed by atoms with Crippen molar-refractivity contribution in [2.45, 2.75) is 13.8 Å². The molecular weight excluding hydrogens is 154 g/mol. The number of hydrogen-bond acceptors (Lipinski definition) is 2. The summed E-state index contributed by atoms with van der Waals surface area (Å²) in [5, 5.41) is 11.9. The van der Waals surface area contributed by atoms with Gasteiger partial charge in [-0.2, -0.15) is 0 Å². The summed E-state index contributed by atoms with van der Waals surface area (Å²) >= 11 is 0. The van der Waals surface area contributed by atoms with Crippen molar-refractivity contribution in [3.05, 3.63) is 23.3 Å². The molecule has 0 fully saturated rings. The third kappa shape index (κ3) is 1.39. The van der Waals surface area contributed by atoms with Crippen molar-refractivity contribution in [2.24, 2.45) is 0 Å². The van der Waals surface area contributed by atoms with E-state index in [9.17, 15) is 9.90 Å². The van der Waals surface area contributed by atoms with Crippen LogP contribution in [0.4, 0.5) is 5.69 Å². The molecule has 0 aliphatic rings. The standard InChI is InChI=1S/C9H11NO2/c1-6-3-4-8(10-5-11)9(12)7(6)2/h3-5,12H,1-2H3,(H,10,11). The maximum Gasteiger partial charge on any atom is 0.211 e. The summed E-state index contributed by atoms with van der Waals surface area (Å²) in [6.45, 7) is 3.71. The third-order valence-corrected chi connectivity index (χ3v) is 1.92. The highest BCUT2D eigenvalue weighted by molar-refractivity contribution is 5.76. The number of aromatic hydroxyl groups is 1. The molecule has 0 unspecified atom stereocenters. The highest BCUT2D eigenvalue weighted by Gasteiger charge is 2.04. The summed E-state index contributed by atoms with van der Waals surface area (Å²) in [6.07, 6.45) is 0.545. The summed E-state index contributed by atoms with van der Waals surface area (Å²) in [7, 11) is 0. The lowest BCUT2D eigenvalue weighted by Gasteiger charge is -2.07. The summed E-state index contributed by atoms with van der Waals surface area (Å²) in [5.41, 5.74) is 2.25. The Balaban J connectivity index is 3.16. The number of aryl methyl sites for hydroxylation is 1. The number of anilines is 1. The molecular formula is C9H11NO2. The highest BCUT2D eigenvalue weighted by atomic mass is 16.3. The molecule has 0 saturated heterocycles. The lowest BCUT2D eigenvalue weighted by atomic mass is 10.1. The molecule has 1 amide bonds. The Hall–Kier alpha value is -1.51. The van der Waals surface area contributed by atoms with Crippen LogP contribution in [-0.2, 0) is 4.79 Å². The van der Waals surface area contributed by atoms with E-state index in [4.69, 9.17) is 0 Å². The average molecular weight is 165 g/mol. The van der Waals surface area contributed by atoms with Crippen molar-refractivity contribution in [2.75, 3.05) is 5.32 Å². The number of hydrogen-bond donors (Lipinski definition) is 2. The van der Waals surface area contributed by atoms with Crippen molar-refractivity contribution in [3.8, 4) is 5.75 Å². The second kappa shape index (κ2) is 3.26. The first-order chi connectivity index (χ1) is 5.66. The molecule has 0 saturated carbocycles. The van der Waals surface area contributed by atoms with Crippen molar-refractivity contribution < 1.29 is 9.90 Å². The highest BCUT2D eigenvalue weighted by Crippen LogP contribution is 2.28. The fraction of sp³-hybridized carbons (Fsp3) is 0.222. The molecule has 0 aliphatic carbocycles. The van der Waals surface area contributed by atoms with Gasteiger partial charge in [0.2, 0.25) is 6.41 Å². The fourth-order valence-electron chi connectivity index (χ4n) is 0.981. The number of carbonyl (C=O) groups is 1. The van der Waals surface area contributed by atoms with Gasteiger partial charge in [-0.05, 0) is 31.0 Å². The van der Waals surface area contributed by atoms with Gasteiger partial charge in [0.05, 0.1) is 5.69 Å². The number of carbonyl (C=O) groups excluding carboxylic acids is 1. The Morgan fingerprint density at radius 3 is 2.67 bits per heavy atom. The lowest BCUT2D eigenvalue weighted by molar-refractivity contribution is -0.105. The predicted octanol–water partition coefficient (Wildman–Crippen LogP) is 1.58. The number of rotatable bonds is 2. The molecule has 0 radical (unpaired) electrons. The van der Waals surface area contributed by atoms with Gasteiger partial charge in [0.15, 0.2) is 0 Å². The maximum absolute atomic E-state index is 10.1. The molecule has 0 atom stereocenters. The van der Waals surface area contributed by atoms with E-state index in [2.05, 4.69) is 5.32 Å². The van der Waals surface area contributed by atoms with Crippen molar-refractivity contribution in [1.29, 1.82) is 0 Å². The summed E-state index contributed by atoms with van der Waals surface area (Å²) in [4.78, 5) is 10.1. The second-order valence-corrected chi connectivity index (χ2v) is 2.67. The average Bonchev–Trinajstić information content (AvgIpc) is 2.07. The third-order valence-electron chi connectivity index (χ3n) is 1.92. The molecule has 3 nitrogen and oxygen atoms in total. The summed E-state index contributed by atoms with van der Waals surface area (Å²) in [6, 6.07) is 3.52. The molecule has 0 bridgehead atoms. The van der Waals surface area contributed by atoms with Crippen LogP contribution in [0.3, 0.4) is 0 Å². The topological polar surface area (TPSA) is 49.3 Å². The Bertz CT molecular complexity index is 308. The van der Waals surface area contributed by atoms with Gasteiger partial charge in [-0.25, -0.2) is 0 Å². The van der Waals surface area contributed by atoms with Crippen LogP contribution in [-0.4, -0.2) is 11.5 Å². The van der Waals surface area contributed by atoms with Crippen LogP contribution in [0.15, 0.2) is 12.1 Å². The van der Waals surface area contributed by atoms with Gasteiger partial charge in [-0.3, -0.25) is 4.79 Å². The first-order valence-electron chi connectivity index (χ1n) is 3.66. The predicted molar refractivity (Wildman–Crippen MR) is 47.3 cm³/mol. The number of phenolic OH excluding ortho intramolecular Hbond substituents is 1. The smallest absolute Gasteiger partial charge is 0.211 e. The molecule has 0 spiro atoms. The van der Waals surface area contributed by atoms with Crippen molar-refractivity contribution >= 4 is 12.1 Å². The van der Waals surface area contributed by atoms with E-state index in [0.29, 0.717) is 12.1 Å². The number of amides is 1. The van der Waals surface area contributed by atoms with Crippen LogP contribution < -0.4 is 5.32 Å². The van der Waals surface area contributed by atoms with E-state index >= 15 is 0 Å². The fourth-order valence-corrected chi connectivity index (χ4v) is 0.981. The molecule has 3 heteroatoms. The minimum atomic E-state index is 0.141.